The Bertz CT molecular complexity index is 369. The molecule has 82 valence electrons. The Hall–Kier alpha value is -0.920. The van der Waals surface area contributed by atoms with Crippen LogP contribution in [0.5, 0.6) is 0 Å². The Kier molecular flexibility index (Phi) is 2.53. The number of rotatable bonds is 1. The van der Waals surface area contributed by atoms with Crippen LogP contribution in [0.1, 0.15) is 41.9 Å². The van der Waals surface area contributed by atoms with Gasteiger partial charge in [-0.3, -0.25) is 0 Å². The average molecular weight is 210 g/mol. The van der Waals surface area contributed by atoms with Crippen LogP contribution in [-0.2, 0) is 0 Å². The van der Waals surface area contributed by atoms with E-state index in [-0.39, 0.29) is 18.8 Å². The smallest absolute Gasteiger partial charge is 0.207 e. The van der Waals surface area contributed by atoms with Crippen molar-refractivity contribution >= 4 is 0 Å². The number of halogens is 2. The molecule has 0 aromatic heterocycles. The largest absolute Gasteiger partial charge is 0.248 e. The molecule has 2 heteroatoms. The normalized spacial score (nSPS) is 24.4. The van der Waals surface area contributed by atoms with Gasteiger partial charge in [-0.25, -0.2) is 8.78 Å². The highest BCUT2D eigenvalue weighted by atomic mass is 19.3. The zero-order valence-corrected chi connectivity index (χ0v) is 9.19. The Labute approximate surface area is 89.3 Å². The summed E-state index contributed by atoms with van der Waals surface area (Å²) in [6.45, 7) is 4.04. The van der Waals surface area contributed by atoms with Crippen LogP contribution in [0.4, 0.5) is 8.78 Å². The molecular formula is C13H16F2. The van der Waals surface area contributed by atoms with Gasteiger partial charge in [-0.1, -0.05) is 23.8 Å². The lowest BCUT2D eigenvalue weighted by atomic mass is 9.92. The molecule has 0 bridgehead atoms. The first-order chi connectivity index (χ1) is 6.98. The van der Waals surface area contributed by atoms with Crippen molar-refractivity contribution in [3.63, 3.8) is 0 Å². The van der Waals surface area contributed by atoms with E-state index in [2.05, 4.69) is 6.07 Å². The van der Waals surface area contributed by atoms with Gasteiger partial charge >= 0.3 is 0 Å². The maximum absolute atomic E-state index is 13.1. The molecule has 1 aliphatic rings. The molecule has 0 radical (unpaired) electrons. The van der Waals surface area contributed by atoms with Crippen molar-refractivity contribution in [2.75, 3.05) is 0 Å². The van der Waals surface area contributed by atoms with Gasteiger partial charge in [0.25, 0.3) is 0 Å². The van der Waals surface area contributed by atoms with E-state index in [0.717, 1.165) is 11.1 Å². The summed E-state index contributed by atoms with van der Waals surface area (Å²) in [6.07, 6.45) is 0.693. The minimum Gasteiger partial charge on any atom is -0.207 e. The quantitative estimate of drug-likeness (QED) is 0.651. The van der Waals surface area contributed by atoms with Crippen molar-refractivity contribution in [3.8, 4) is 0 Å². The van der Waals surface area contributed by atoms with E-state index < -0.39 is 5.92 Å². The topological polar surface area (TPSA) is 0 Å². The third kappa shape index (κ3) is 2.19. The lowest BCUT2D eigenvalue weighted by molar-refractivity contribution is 0.00776. The number of hydrogen-bond acceptors (Lipinski definition) is 0. The number of aryl methyl sites for hydroxylation is 2. The Morgan fingerprint density at radius 1 is 1.27 bits per heavy atom. The first-order valence-electron chi connectivity index (χ1n) is 5.43. The van der Waals surface area contributed by atoms with Gasteiger partial charge in [0, 0.05) is 12.8 Å². The number of benzene rings is 1. The van der Waals surface area contributed by atoms with Crippen molar-refractivity contribution in [2.45, 2.75) is 45.0 Å². The summed E-state index contributed by atoms with van der Waals surface area (Å²) in [5.41, 5.74) is 3.46. The fraction of sp³-hybridized carbons (Fsp3) is 0.538. The van der Waals surface area contributed by atoms with Crippen molar-refractivity contribution in [3.05, 3.63) is 34.9 Å². The van der Waals surface area contributed by atoms with E-state index >= 15 is 0 Å². The van der Waals surface area contributed by atoms with Gasteiger partial charge in [0.15, 0.2) is 0 Å². The maximum atomic E-state index is 13.1. The van der Waals surface area contributed by atoms with Crippen molar-refractivity contribution in [2.24, 2.45) is 0 Å². The van der Waals surface area contributed by atoms with Crippen LogP contribution in [0.3, 0.4) is 0 Å². The molecule has 0 spiro atoms. The van der Waals surface area contributed by atoms with Gasteiger partial charge in [0.2, 0.25) is 5.92 Å². The molecule has 1 aliphatic carbocycles. The zero-order chi connectivity index (χ0) is 11.1. The van der Waals surface area contributed by atoms with E-state index in [1.54, 1.807) is 0 Å². The molecule has 0 aliphatic heterocycles. The van der Waals surface area contributed by atoms with Crippen LogP contribution in [0, 0.1) is 13.8 Å². The van der Waals surface area contributed by atoms with Crippen LogP contribution >= 0.6 is 0 Å². The molecule has 0 nitrogen and oxygen atoms in total. The highest BCUT2D eigenvalue weighted by Gasteiger charge is 2.40. The third-order valence-corrected chi connectivity index (χ3v) is 3.27. The lowest BCUT2D eigenvalue weighted by Crippen LogP contribution is -2.09. The molecule has 2 rings (SSSR count). The Balaban J connectivity index is 2.24. The molecule has 0 saturated heterocycles. The minimum absolute atomic E-state index is 0.0247. The second kappa shape index (κ2) is 3.58. The molecule has 1 aromatic rings. The van der Waals surface area contributed by atoms with E-state index in [0.29, 0.717) is 6.42 Å². The highest BCUT2D eigenvalue weighted by Crippen LogP contribution is 2.44. The summed E-state index contributed by atoms with van der Waals surface area (Å²) in [5, 5.41) is 0. The molecule has 0 heterocycles. The Morgan fingerprint density at radius 2 is 2.00 bits per heavy atom. The minimum atomic E-state index is -2.44. The van der Waals surface area contributed by atoms with E-state index in [1.807, 2.05) is 26.0 Å². The fourth-order valence-corrected chi connectivity index (χ4v) is 2.50. The molecule has 1 fully saturated rings. The molecule has 0 N–H and O–H groups in total. The van der Waals surface area contributed by atoms with Crippen LogP contribution in [0.25, 0.3) is 0 Å². The molecule has 1 unspecified atom stereocenters. The second-order valence-electron chi connectivity index (χ2n) is 4.66. The van der Waals surface area contributed by atoms with Gasteiger partial charge in [-0.2, -0.15) is 0 Å². The number of alkyl halides is 2. The SMILES string of the molecule is Cc1ccc(C2CCC(F)(F)C2)c(C)c1. The standard InChI is InChI=1S/C13H16F2/c1-9-3-4-12(10(2)7-9)11-5-6-13(14,15)8-11/h3-4,7,11H,5-6,8H2,1-2H3. The summed E-state index contributed by atoms with van der Waals surface area (Å²) < 4.78 is 26.2. The van der Waals surface area contributed by atoms with Crippen LogP contribution in [0.2, 0.25) is 0 Å². The van der Waals surface area contributed by atoms with E-state index in [1.165, 1.54) is 5.56 Å². The maximum Gasteiger partial charge on any atom is 0.248 e. The summed E-state index contributed by atoms with van der Waals surface area (Å²) in [6, 6.07) is 6.10. The number of hydrogen-bond donors (Lipinski definition) is 0. The molecule has 1 saturated carbocycles. The first-order valence-corrected chi connectivity index (χ1v) is 5.43. The molecule has 0 amide bonds. The van der Waals surface area contributed by atoms with Gasteiger partial charge in [-0.15, -0.1) is 0 Å². The average Bonchev–Trinajstić information content (AvgIpc) is 2.46. The van der Waals surface area contributed by atoms with Crippen molar-refractivity contribution in [1.82, 2.24) is 0 Å². The molecule has 1 aromatic carbocycles. The fourth-order valence-electron chi connectivity index (χ4n) is 2.50. The molecule has 1 atom stereocenters. The summed E-state index contributed by atoms with van der Waals surface area (Å²) in [4.78, 5) is 0. The zero-order valence-electron chi connectivity index (χ0n) is 9.19. The highest BCUT2D eigenvalue weighted by molar-refractivity contribution is 5.33. The summed E-state index contributed by atoms with van der Waals surface area (Å²) >= 11 is 0. The van der Waals surface area contributed by atoms with Crippen molar-refractivity contribution in [1.29, 1.82) is 0 Å². The summed E-state index contributed by atoms with van der Waals surface area (Å²) in [7, 11) is 0. The predicted octanol–water partition coefficient (Wildman–Crippen LogP) is 4.21. The van der Waals surface area contributed by atoms with Crippen LogP contribution < -0.4 is 0 Å². The van der Waals surface area contributed by atoms with E-state index in [4.69, 9.17) is 0 Å². The lowest BCUT2D eigenvalue weighted by Gasteiger charge is -2.14. The molecule has 15 heavy (non-hydrogen) atoms. The molecular weight excluding hydrogens is 194 g/mol. The summed E-state index contributed by atoms with van der Waals surface area (Å²) in [5.74, 6) is -2.39. The van der Waals surface area contributed by atoms with Gasteiger partial charge in [0.1, 0.15) is 0 Å². The van der Waals surface area contributed by atoms with Crippen LogP contribution in [-0.4, -0.2) is 5.92 Å². The van der Waals surface area contributed by atoms with Gasteiger partial charge < -0.3 is 0 Å². The first kappa shape index (κ1) is 10.6. The van der Waals surface area contributed by atoms with Gasteiger partial charge in [0.05, 0.1) is 0 Å². The van der Waals surface area contributed by atoms with E-state index in [9.17, 15) is 8.78 Å². The predicted molar refractivity (Wildman–Crippen MR) is 57.5 cm³/mol. The van der Waals surface area contributed by atoms with Gasteiger partial charge in [-0.05, 0) is 37.3 Å². The Morgan fingerprint density at radius 3 is 2.53 bits per heavy atom. The second-order valence-corrected chi connectivity index (χ2v) is 4.66. The monoisotopic (exact) mass is 210 g/mol. The third-order valence-electron chi connectivity index (χ3n) is 3.27. The van der Waals surface area contributed by atoms with Crippen LogP contribution in [0.15, 0.2) is 18.2 Å². The van der Waals surface area contributed by atoms with Crippen molar-refractivity contribution < 1.29 is 8.78 Å².